The van der Waals surface area contributed by atoms with Crippen LogP contribution in [0.2, 0.25) is 0 Å². The van der Waals surface area contributed by atoms with Crippen molar-refractivity contribution in [3.63, 3.8) is 0 Å². The molecule has 2 unspecified atom stereocenters. The zero-order valence-corrected chi connectivity index (χ0v) is 11.1. The van der Waals surface area contributed by atoms with Crippen LogP contribution in [0.5, 0.6) is 5.75 Å². The molecule has 0 amide bonds. The van der Waals surface area contributed by atoms with Gasteiger partial charge in [0.05, 0.1) is 12.1 Å². The Morgan fingerprint density at radius 1 is 1.50 bits per heavy atom. The molecule has 1 aliphatic rings. The third kappa shape index (κ3) is 2.56. The molecule has 0 spiro atoms. The number of fused-ring (bicyclic) bond motifs is 1. The number of hydrogen-bond acceptors (Lipinski definition) is 3. The molecule has 98 valence electrons. The fourth-order valence-corrected chi connectivity index (χ4v) is 2.28. The molecule has 0 aliphatic carbocycles. The lowest BCUT2D eigenvalue weighted by Crippen LogP contribution is -2.44. The highest BCUT2D eigenvalue weighted by Gasteiger charge is 2.30. The van der Waals surface area contributed by atoms with Crippen LogP contribution < -0.4 is 10.5 Å². The molecule has 0 fully saturated rings. The minimum absolute atomic E-state index is 0.145. The average Bonchev–Trinajstić information content (AvgIpc) is 2.39. The van der Waals surface area contributed by atoms with E-state index < -0.39 is 5.54 Å². The molecular weight excluding hydrogens is 226 g/mol. The van der Waals surface area contributed by atoms with Crippen LogP contribution in [-0.2, 0) is 4.79 Å². The molecule has 2 atom stereocenters. The lowest BCUT2D eigenvalue weighted by atomic mass is 9.83. The Bertz CT molecular complexity index is 440. The molecule has 3 heteroatoms. The summed E-state index contributed by atoms with van der Waals surface area (Å²) in [5, 5.41) is 0. The van der Waals surface area contributed by atoms with Gasteiger partial charge in [-0.2, -0.15) is 0 Å². The van der Waals surface area contributed by atoms with Crippen molar-refractivity contribution in [2.45, 2.75) is 44.6 Å². The zero-order valence-electron chi connectivity index (χ0n) is 11.1. The van der Waals surface area contributed by atoms with E-state index in [0.29, 0.717) is 19.4 Å². The molecule has 18 heavy (non-hydrogen) atoms. The monoisotopic (exact) mass is 247 g/mol. The number of carbonyl (C=O) groups is 1. The van der Waals surface area contributed by atoms with Gasteiger partial charge in [-0.15, -0.1) is 0 Å². The summed E-state index contributed by atoms with van der Waals surface area (Å²) in [5.74, 6) is 1.31. The highest BCUT2D eigenvalue weighted by Crippen LogP contribution is 2.36. The van der Waals surface area contributed by atoms with Gasteiger partial charge in [0.1, 0.15) is 5.75 Å². The van der Waals surface area contributed by atoms with Crippen LogP contribution in [0.1, 0.15) is 44.6 Å². The normalized spacial score (nSPS) is 21.6. The molecule has 2 rings (SSSR count). The molecule has 1 aromatic carbocycles. The summed E-state index contributed by atoms with van der Waals surface area (Å²) >= 11 is 0. The first-order valence-corrected chi connectivity index (χ1v) is 6.58. The van der Waals surface area contributed by atoms with Gasteiger partial charge in [-0.05, 0) is 37.3 Å². The topological polar surface area (TPSA) is 52.3 Å². The van der Waals surface area contributed by atoms with Crippen molar-refractivity contribution < 1.29 is 9.53 Å². The van der Waals surface area contributed by atoms with E-state index in [1.54, 1.807) is 0 Å². The first-order valence-electron chi connectivity index (χ1n) is 6.58. The largest absolute Gasteiger partial charge is 0.493 e. The summed E-state index contributed by atoms with van der Waals surface area (Å²) in [5.41, 5.74) is 6.46. The van der Waals surface area contributed by atoms with Gasteiger partial charge < -0.3 is 10.5 Å². The maximum absolute atomic E-state index is 12.2. The van der Waals surface area contributed by atoms with Crippen LogP contribution in [0, 0.1) is 0 Å². The number of ketones is 1. The van der Waals surface area contributed by atoms with E-state index in [1.165, 1.54) is 0 Å². The number of para-hydroxylation sites is 1. The third-order valence-corrected chi connectivity index (χ3v) is 3.89. The van der Waals surface area contributed by atoms with Gasteiger partial charge >= 0.3 is 0 Å². The summed E-state index contributed by atoms with van der Waals surface area (Å²) in [4.78, 5) is 12.2. The minimum atomic E-state index is -0.701. The molecule has 0 saturated heterocycles. The van der Waals surface area contributed by atoms with Gasteiger partial charge in [-0.1, -0.05) is 25.1 Å². The summed E-state index contributed by atoms with van der Waals surface area (Å²) in [6.45, 7) is 4.46. The summed E-state index contributed by atoms with van der Waals surface area (Å²) < 4.78 is 5.60. The van der Waals surface area contributed by atoms with Gasteiger partial charge in [0, 0.05) is 6.42 Å². The van der Waals surface area contributed by atoms with Crippen molar-refractivity contribution in [2.75, 3.05) is 6.61 Å². The Morgan fingerprint density at radius 2 is 2.22 bits per heavy atom. The number of rotatable bonds is 4. The molecule has 3 nitrogen and oxygen atoms in total. The van der Waals surface area contributed by atoms with Crippen LogP contribution in [0.15, 0.2) is 24.3 Å². The third-order valence-electron chi connectivity index (χ3n) is 3.89. The number of ether oxygens (including phenoxy) is 1. The van der Waals surface area contributed by atoms with Crippen molar-refractivity contribution >= 4 is 5.78 Å². The summed E-state index contributed by atoms with van der Waals surface area (Å²) in [6, 6.07) is 7.97. The van der Waals surface area contributed by atoms with E-state index in [4.69, 9.17) is 10.5 Å². The molecule has 0 saturated carbocycles. The van der Waals surface area contributed by atoms with Crippen LogP contribution >= 0.6 is 0 Å². The van der Waals surface area contributed by atoms with Crippen LogP contribution in [0.25, 0.3) is 0 Å². The lowest BCUT2D eigenvalue weighted by Gasteiger charge is -2.28. The highest BCUT2D eigenvalue weighted by molar-refractivity contribution is 5.88. The quantitative estimate of drug-likeness (QED) is 0.890. The van der Waals surface area contributed by atoms with Gasteiger partial charge in [0.25, 0.3) is 0 Å². The number of benzene rings is 1. The molecule has 1 heterocycles. The van der Waals surface area contributed by atoms with Crippen molar-refractivity contribution in [1.29, 1.82) is 0 Å². The number of Topliss-reactive ketones (excluding diaryl/α,β-unsaturated/α-hetero) is 1. The number of hydrogen-bond donors (Lipinski definition) is 1. The second-order valence-corrected chi connectivity index (χ2v) is 5.27. The first kappa shape index (κ1) is 13.1. The van der Waals surface area contributed by atoms with E-state index >= 15 is 0 Å². The van der Waals surface area contributed by atoms with Gasteiger partial charge in [-0.25, -0.2) is 0 Å². The number of carbonyl (C=O) groups excluding carboxylic acids is 1. The predicted molar refractivity (Wildman–Crippen MR) is 71.8 cm³/mol. The van der Waals surface area contributed by atoms with E-state index in [-0.39, 0.29) is 11.7 Å². The fourth-order valence-electron chi connectivity index (χ4n) is 2.28. The Hall–Kier alpha value is -1.35. The van der Waals surface area contributed by atoms with E-state index in [9.17, 15) is 4.79 Å². The second-order valence-electron chi connectivity index (χ2n) is 5.27. The molecular formula is C15H21NO2. The molecule has 1 aliphatic heterocycles. The van der Waals surface area contributed by atoms with E-state index in [2.05, 4.69) is 0 Å². The highest BCUT2D eigenvalue weighted by atomic mass is 16.5. The maximum atomic E-state index is 12.2. The molecule has 1 aromatic rings. The Labute approximate surface area is 108 Å². The summed E-state index contributed by atoms with van der Waals surface area (Å²) in [6.07, 6.45) is 2.08. The molecule has 0 radical (unpaired) electrons. The van der Waals surface area contributed by atoms with Crippen LogP contribution in [0.3, 0.4) is 0 Å². The molecule has 0 aromatic heterocycles. The fraction of sp³-hybridized carbons (Fsp3) is 0.533. The lowest BCUT2D eigenvalue weighted by molar-refractivity contribution is -0.124. The van der Waals surface area contributed by atoms with Crippen LogP contribution in [-0.4, -0.2) is 17.9 Å². The van der Waals surface area contributed by atoms with Crippen molar-refractivity contribution in [1.82, 2.24) is 0 Å². The minimum Gasteiger partial charge on any atom is -0.493 e. The molecule has 0 bridgehead atoms. The van der Waals surface area contributed by atoms with Crippen molar-refractivity contribution in [3.05, 3.63) is 29.8 Å². The Morgan fingerprint density at radius 3 is 2.94 bits per heavy atom. The van der Waals surface area contributed by atoms with Gasteiger partial charge in [0.15, 0.2) is 5.78 Å². The Balaban J connectivity index is 2.15. The average molecular weight is 247 g/mol. The van der Waals surface area contributed by atoms with Gasteiger partial charge in [0.2, 0.25) is 0 Å². The van der Waals surface area contributed by atoms with Crippen molar-refractivity contribution in [2.24, 2.45) is 5.73 Å². The van der Waals surface area contributed by atoms with E-state index in [0.717, 1.165) is 17.7 Å². The molecule has 2 N–H and O–H groups in total. The van der Waals surface area contributed by atoms with E-state index in [1.807, 2.05) is 38.1 Å². The predicted octanol–water partition coefficient (Wildman–Crippen LogP) is 2.64. The van der Waals surface area contributed by atoms with Gasteiger partial charge in [-0.3, -0.25) is 4.79 Å². The smallest absolute Gasteiger partial charge is 0.152 e. The second kappa shape index (κ2) is 5.11. The maximum Gasteiger partial charge on any atom is 0.152 e. The standard InChI is InChI=1S/C15H21NO2/c1-3-15(2,16)14(17)10-11-8-9-18-13-7-5-4-6-12(11)13/h4-7,11H,3,8-10,16H2,1-2H3. The summed E-state index contributed by atoms with van der Waals surface area (Å²) in [7, 11) is 0. The SMILES string of the molecule is CCC(C)(N)C(=O)CC1CCOc2ccccc21. The van der Waals surface area contributed by atoms with Crippen LogP contribution in [0.4, 0.5) is 0 Å². The van der Waals surface area contributed by atoms with Crippen molar-refractivity contribution in [3.8, 4) is 5.75 Å². The first-order chi connectivity index (χ1) is 8.54. The number of nitrogens with two attached hydrogens (primary N) is 1. The Kier molecular flexibility index (Phi) is 3.71. The zero-order chi connectivity index (χ0) is 13.2.